The van der Waals surface area contributed by atoms with E-state index in [1.807, 2.05) is 37.4 Å². The zero-order chi connectivity index (χ0) is 17.6. The van der Waals surface area contributed by atoms with E-state index >= 15 is 0 Å². The first-order chi connectivity index (χ1) is 12.1. The van der Waals surface area contributed by atoms with Crippen LogP contribution >= 0.6 is 11.8 Å². The molecule has 0 unspecified atom stereocenters. The number of aromatic nitrogens is 2. The molecule has 0 aliphatic carbocycles. The van der Waals surface area contributed by atoms with Gasteiger partial charge in [-0.1, -0.05) is 36.0 Å². The zero-order valence-corrected chi connectivity index (χ0v) is 14.7. The average molecular weight is 351 g/mol. The van der Waals surface area contributed by atoms with Gasteiger partial charge in [-0.2, -0.15) is 0 Å². The fourth-order valence-corrected chi connectivity index (χ4v) is 2.65. The highest BCUT2D eigenvalue weighted by Gasteiger charge is 2.08. The highest BCUT2D eigenvalue weighted by molar-refractivity contribution is 7.98. The smallest absolute Gasteiger partial charge is 0.343 e. The number of thioether (sulfide) groups is 1. The van der Waals surface area contributed by atoms with Crippen molar-refractivity contribution in [3.8, 4) is 5.75 Å². The molecule has 5 nitrogen and oxygen atoms in total. The van der Waals surface area contributed by atoms with Crippen molar-refractivity contribution in [2.24, 2.45) is 0 Å². The summed E-state index contributed by atoms with van der Waals surface area (Å²) in [6.07, 6.45) is 1.93. The minimum Gasteiger partial charge on any atom is -0.423 e. The molecule has 126 valence electrons. The van der Waals surface area contributed by atoms with Crippen molar-refractivity contribution in [2.75, 3.05) is 11.6 Å². The number of ether oxygens (including phenoxy) is 1. The van der Waals surface area contributed by atoms with Crippen LogP contribution in [0.5, 0.6) is 5.75 Å². The Morgan fingerprint density at radius 2 is 1.84 bits per heavy atom. The van der Waals surface area contributed by atoms with E-state index in [1.165, 1.54) is 11.8 Å². The molecule has 0 atom stereocenters. The molecule has 0 aliphatic rings. The third-order valence-electron chi connectivity index (χ3n) is 3.34. The van der Waals surface area contributed by atoms with Gasteiger partial charge in [-0.3, -0.25) is 0 Å². The number of rotatable bonds is 5. The first-order valence-electron chi connectivity index (χ1n) is 7.68. The van der Waals surface area contributed by atoms with Gasteiger partial charge < -0.3 is 10.1 Å². The summed E-state index contributed by atoms with van der Waals surface area (Å²) in [7, 11) is 0. The maximum Gasteiger partial charge on any atom is 0.343 e. The van der Waals surface area contributed by atoms with Gasteiger partial charge in [0.25, 0.3) is 0 Å². The van der Waals surface area contributed by atoms with E-state index in [1.54, 1.807) is 36.4 Å². The molecule has 0 radical (unpaired) electrons. The summed E-state index contributed by atoms with van der Waals surface area (Å²) in [5, 5.41) is 3.92. The van der Waals surface area contributed by atoms with E-state index in [-0.39, 0.29) is 5.97 Å². The van der Waals surface area contributed by atoms with Crippen molar-refractivity contribution in [3.63, 3.8) is 0 Å². The lowest BCUT2D eigenvalue weighted by atomic mass is 10.2. The van der Waals surface area contributed by atoms with Crippen molar-refractivity contribution in [1.82, 2.24) is 9.97 Å². The van der Waals surface area contributed by atoms with Crippen molar-refractivity contribution < 1.29 is 9.53 Å². The molecular formula is C19H17N3O2S. The predicted molar refractivity (Wildman–Crippen MR) is 99.7 cm³/mol. The van der Waals surface area contributed by atoms with Crippen LogP contribution in [0, 0.1) is 6.92 Å². The van der Waals surface area contributed by atoms with Gasteiger partial charge in [0.05, 0.1) is 5.56 Å². The summed E-state index contributed by atoms with van der Waals surface area (Å²) in [5.41, 5.74) is 2.17. The van der Waals surface area contributed by atoms with Crippen LogP contribution in [0.4, 0.5) is 11.5 Å². The molecule has 0 fully saturated rings. The topological polar surface area (TPSA) is 64.1 Å². The molecule has 3 rings (SSSR count). The van der Waals surface area contributed by atoms with Gasteiger partial charge in [0.1, 0.15) is 11.6 Å². The number of nitrogens with zero attached hydrogens (tertiary/aromatic N) is 2. The molecule has 0 spiro atoms. The summed E-state index contributed by atoms with van der Waals surface area (Å²) < 4.78 is 5.43. The van der Waals surface area contributed by atoms with E-state index in [4.69, 9.17) is 4.74 Å². The van der Waals surface area contributed by atoms with Crippen LogP contribution in [0.25, 0.3) is 0 Å². The Morgan fingerprint density at radius 3 is 2.60 bits per heavy atom. The van der Waals surface area contributed by atoms with Gasteiger partial charge in [-0.05, 0) is 37.4 Å². The molecular weight excluding hydrogens is 334 g/mol. The lowest BCUT2D eigenvalue weighted by molar-refractivity contribution is 0.0735. The van der Waals surface area contributed by atoms with Crippen LogP contribution in [-0.2, 0) is 0 Å². The summed E-state index contributed by atoms with van der Waals surface area (Å²) in [5.74, 6) is 0.776. The molecule has 0 saturated heterocycles. The van der Waals surface area contributed by atoms with E-state index < -0.39 is 0 Å². The van der Waals surface area contributed by atoms with Crippen LogP contribution in [-0.4, -0.2) is 22.2 Å². The number of anilines is 2. The van der Waals surface area contributed by atoms with Crippen molar-refractivity contribution >= 4 is 29.2 Å². The van der Waals surface area contributed by atoms with Gasteiger partial charge in [-0.15, -0.1) is 0 Å². The molecule has 1 aromatic heterocycles. The highest BCUT2D eigenvalue weighted by atomic mass is 32.2. The fraction of sp³-hybridized carbons (Fsp3) is 0.105. The number of benzene rings is 2. The standard InChI is InChI=1S/C19H17N3O2S/c1-13-11-17(22-19(20-13)25-2)21-15-9-6-10-16(12-15)24-18(23)14-7-4-3-5-8-14/h3-12H,1-2H3,(H,20,21,22). The summed E-state index contributed by atoms with van der Waals surface area (Å²) in [6, 6.07) is 18.0. The maximum atomic E-state index is 12.1. The van der Waals surface area contributed by atoms with E-state index in [0.29, 0.717) is 22.3 Å². The highest BCUT2D eigenvalue weighted by Crippen LogP contribution is 2.23. The molecule has 0 amide bonds. The quantitative estimate of drug-likeness (QED) is 0.317. The number of carbonyl (C=O) groups excluding carboxylic acids is 1. The van der Waals surface area contributed by atoms with Gasteiger partial charge in [0, 0.05) is 23.5 Å². The van der Waals surface area contributed by atoms with Crippen LogP contribution < -0.4 is 10.1 Å². The van der Waals surface area contributed by atoms with Crippen molar-refractivity contribution in [2.45, 2.75) is 12.1 Å². The Kier molecular flexibility index (Phi) is 5.30. The first kappa shape index (κ1) is 17.0. The Hall–Kier alpha value is -2.86. The first-order valence-corrected chi connectivity index (χ1v) is 8.90. The van der Waals surface area contributed by atoms with Gasteiger partial charge >= 0.3 is 5.97 Å². The fourth-order valence-electron chi connectivity index (χ4n) is 2.22. The predicted octanol–water partition coefficient (Wildman–Crippen LogP) is 4.47. The summed E-state index contributed by atoms with van der Waals surface area (Å²) in [6.45, 7) is 1.92. The minimum absolute atomic E-state index is 0.389. The maximum absolute atomic E-state index is 12.1. The largest absolute Gasteiger partial charge is 0.423 e. The monoisotopic (exact) mass is 351 g/mol. The van der Waals surface area contributed by atoms with E-state index in [9.17, 15) is 4.79 Å². The molecule has 1 heterocycles. The Morgan fingerprint density at radius 1 is 1.04 bits per heavy atom. The third-order valence-corrected chi connectivity index (χ3v) is 3.89. The molecule has 25 heavy (non-hydrogen) atoms. The second-order valence-corrected chi connectivity index (χ2v) is 6.06. The number of carbonyl (C=O) groups is 1. The number of hydrogen-bond acceptors (Lipinski definition) is 6. The van der Waals surface area contributed by atoms with Crippen molar-refractivity contribution in [3.05, 3.63) is 71.9 Å². The van der Waals surface area contributed by atoms with Gasteiger partial charge in [-0.25, -0.2) is 14.8 Å². The Balaban J connectivity index is 1.75. The molecule has 1 N–H and O–H groups in total. The van der Waals surface area contributed by atoms with E-state index in [0.717, 1.165) is 11.4 Å². The normalized spacial score (nSPS) is 10.3. The number of nitrogens with one attached hydrogen (secondary N) is 1. The molecule has 2 aromatic carbocycles. The van der Waals surface area contributed by atoms with Crippen LogP contribution in [0.1, 0.15) is 16.1 Å². The molecule has 6 heteroatoms. The molecule has 0 saturated carbocycles. The van der Waals surface area contributed by atoms with Crippen LogP contribution in [0.3, 0.4) is 0 Å². The van der Waals surface area contributed by atoms with Crippen molar-refractivity contribution in [1.29, 1.82) is 0 Å². The second-order valence-electron chi connectivity index (χ2n) is 5.29. The third kappa shape index (κ3) is 4.58. The minimum atomic E-state index is -0.389. The van der Waals surface area contributed by atoms with Crippen LogP contribution in [0.2, 0.25) is 0 Å². The number of aryl methyl sites for hydroxylation is 1. The van der Waals surface area contributed by atoms with Gasteiger partial charge in [0.2, 0.25) is 0 Å². The van der Waals surface area contributed by atoms with E-state index in [2.05, 4.69) is 15.3 Å². The average Bonchev–Trinajstić information content (AvgIpc) is 2.62. The summed E-state index contributed by atoms with van der Waals surface area (Å²) in [4.78, 5) is 20.9. The Labute approximate surface area is 150 Å². The zero-order valence-electron chi connectivity index (χ0n) is 13.9. The lowest BCUT2D eigenvalue weighted by Crippen LogP contribution is -2.08. The molecule has 0 aliphatic heterocycles. The van der Waals surface area contributed by atoms with Gasteiger partial charge in [0.15, 0.2) is 5.16 Å². The molecule has 3 aromatic rings. The lowest BCUT2D eigenvalue weighted by Gasteiger charge is -2.09. The SMILES string of the molecule is CSc1nc(C)cc(Nc2cccc(OC(=O)c3ccccc3)c2)n1. The Bertz CT molecular complexity index is 885. The second kappa shape index (κ2) is 7.81. The molecule has 0 bridgehead atoms. The number of hydrogen-bond donors (Lipinski definition) is 1. The van der Waals surface area contributed by atoms with Crippen LogP contribution in [0.15, 0.2) is 65.8 Å². The summed E-state index contributed by atoms with van der Waals surface area (Å²) >= 11 is 1.49. The number of esters is 1.